The van der Waals surface area contributed by atoms with Gasteiger partial charge in [-0.05, 0) is 30.0 Å². The number of fused-ring (bicyclic) bond motifs is 2. The number of pyridine rings is 1. The third-order valence-corrected chi connectivity index (χ3v) is 3.43. The number of hydrogen-bond acceptors (Lipinski definition) is 5. The summed E-state index contributed by atoms with van der Waals surface area (Å²) in [5.74, 6) is 2.56. The van der Waals surface area contributed by atoms with Crippen LogP contribution in [0.2, 0.25) is 0 Å². The lowest BCUT2D eigenvalue weighted by Gasteiger charge is -2.23. The molecule has 0 atom stereocenters. The van der Waals surface area contributed by atoms with Crippen LogP contribution < -0.4 is 20.1 Å². The van der Waals surface area contributed by atoms with E-state index >= 15 is 0 Å². The van der Waals surface area contributed by atoms with Gasteiger partial charge in [-0.15, -0.1) is 0 Å². The van der Waals surface area contributed by atoms with Crippen molar-refractivity contribution in [2.24, 2.45) is 5.73 Å². The van der Waals surface area contributed by atoms with Crippen molar-refractivity contribution in [3.8, 4) is 11.5 Å². The zero-order valence-corrected chi connectivity index (χ0v) is 11.6. The highest BCUT2D eigenvalue weighted by atomic mass is 16.7. The molecule has 1 aromatic carbocycles. The first-order valence-corrected chi connectivity index (χ1v) is 6.97. The Morgan fingerprint density at radius 3 is 2.80 bits per heavy atom. The van der Waals surface area contributed by atoms with E-state index in [1.54, 1.807) is 0 Å². The second-order valence-corrected chi connectivity index (χ2v) is 4.84. The molecule has 0 aliphatic carbocycles. The second kappa shape index (κ2) is 5.54. The molecule has 2 aromatic rings. The van der Waals surface area contributed by atoms with Crippen molar-refractivity contribution < 1.29 is 9.47 Å². The Morgan fingerprint density at radius 2 is 2.05 bits per heavy atom. The van der Waals surface area contributed by atoms with Crippen molar-refractivity contribution in [3.63, 3.8) is 0 Å². The molecule has 0 bridgehead atoms. The number of rotatable bonds is 5. The van der Waals surface area contributed by atoms with Crippen LogP contribution in [0.4, 0.5) is 5.82 Å². The maximum Gasteiger partial charge on any atom is 0.231 e. The van der Waals surface area contributed by atoms with Gasteiger partial charge in [-0.2, -0.15) is 0 Å². The molecule has 2 heterocycles. The highest BCUT2D eigenvalue weighted by molar-refractivity contribution is 5.94. The summed E-state index contributed by atoms with van der Waals surface area (Å²) in [5.41, 5.74) is 5.72. The summed E-state index contributed by atoms with van der Waals surface area (Å²) in [6.45, 7) is 4.80. The van der Waals surface area contributed by atoms with Crippen LogP contribution in [-0.2, 0) is 0 Å². The molecule has 1 aromatic heterocycles. The third kappa shape index (κ3) is 2.25. The molecule has 0 saturated carbocycles. The molecule has 0 amide bonds. The standard InChI is InChI=1S/C15H19N3O2/c1-2-6-18(7-4-16)15-12-9-14-13(19-10-20-14)8-11(12)3-5-17-15/h3,5,8-9H,2,4,6-7,10,16H2,1H3. The highest BCUT2D eigenvalue weighted by Crippen LogP contribution is 2.38. The smallest absolute Gasteiger partial charge is 0.231 e. The van der Waals surface area contributed by atoms with Crippen molar-refractivity contribution >= 4 is 16.6 Å². The van der Waals surface area contributed by atoms with Crippen LogP contribution in [0, 0.1) is 0 Å². The molecule has 5 heteroatoms. The van der Waals surface area contributed by atoms with Crippen LogP contribution in [0.3, 0.4) is 0 Å². The van der Waals surface area contributed by atoms with Crippen LogP contribution in [0.1, 0.15) is 13.3 Å². The van der Waals surface area contributed by atoms with Crippen LogP contribution >= 0.6 is 0 Å². The maximum atomic E-state index is 5.72. The van der Waals surface area contributed by atoms with E-state index in [0.29, 0.717) is 6.54 Å². The lowest BCUT2D eigenvalue weighted by Crippen LogP contribution is -2.30. The van der Waals surface area contributed by atoms with Gasteiger partial charge in [-0.1, -0.05) is 6.92 Å². The van der Waals surface area contributed by atoms with Crippen LogP contribution in [0.5, 0.6) is 11.5 Å². The average Bonchev–Trinajstić information content (AvgIpc) is 2.91. The molecular formula is C15H19N3O2. The maximum absolute atomic E-state index is 5.72. The van der Waals surface area contributed by atoms with Crippen molar-refractivity contribution in [1.29, 1.82) is 0 Å². The predicted octanol–water partition coefficient (Wildman–Crippen LogP) is 2.14. The van der Waals surface area contributed by atoms with E-state index in [9.17, 15) is 0 Å². The van der Waals surface area contributed by atoms with E-state index in [0.717, 1.165) is 47.6 Å². The van der Waals surface area contributed by atoms with Gasteiger partial charge < -0.3 is 20.1 Å². The van der Waals surface area contributed by atoms with Gasteiger partial charge in [0.2, 0.25) is 6.79 Å². The molecular weight excluding hydrogens is 254 g/mol. The zero-order chi connectivity index (χ0) is 13.9. The molecule has 106 valence electrons. The van der Waals surface area contributed by atoms with E-state index in [4.69, 9.17) is 15.2 Å². The number of benzene rings is 1. The SMILES string of the molecule is CCCN(CCN)c1nccc2cc3c(cc12)OCO3. The van der Waals surface area contributed by atoms with Gasteiger partial charge in [0.05, 0.1) is 0 Å². The molecule has 1 aliphatic heterocycles. The Balaban J connectivity index is 2.10. The number of anilines is 1. The Hall–Kier alpha value is -2.01. The Kier molecular flexibility index (Phi) is 3.60. The fourth-order valence-corrected chi connectivity index (χ4v) is 2.55. The van der Waals surface area contributed by atoms with Crippen molar-refractivity contribution in [2.45, 2.75) is 13.3 Å². The monoisotopic (exact) mass is 273 g/mol. The van der Waals surface area contributed by atoms with Gasteiger partial charge in [0.25, 0.3) is 0 Å². The molecule has 0 spiro atoms. The largest absolute Gasteiger partial charge is 0.454 e. The molecule has 0 fully saturated rings. The van der Waals surface area contributed by atoms with Gasteiger partial charge in [0.1, 0.15) is 5.82 Å². The van der Waals surface area contributed by atoms with Gasteiger partial charge in [-0.25, -0.2) is 4.98 Å². The Labute approximate surface area is 118 Å². The second-order valence-electron chi connectivity index (χ2n) is 4.84. The van der Waals surface area contributed by atoms with Crippen LogP contribution in [0.15, 0.2) is 24.4 Å². The van der Waals surface area contributed by atoms with Crippen molar-refractivity contribution in [2.75, 3.05) is 31.3 Å². The normalized spacial score (nSPS) is 12.9. The average molecular weight is 273 g/mol. The van der Waals surface area contributed by atoms with Crippen molar-refractivity contribution in [3.05, 3.63) is 24.4 Å². The number of nitrogens with zero attached hydrogens (tertiary/aromatic N) is 2. The Bertz CT molecular complexity index is 609. The highest BCUT2D eigenvalue weighted by Gasteiger charge is 2.17. The molecule has 0 saturated heterocycles. The van der Waals surface area contributed by atoms with Gasteiger partial charge >= 0.3 is 0 Å². The van der Waals surface area contributed by atoms with Gasteiger partial charge in [0.15, 0.2) is 11.5 Å². The fourth-order valence-electron chi connectivity index (χ4n) is 2.55. The predicted molar refractivity (Wildman–Crippen MR) is 79.4 cm³/mol. The van der Waals surface area contributed by atoms with E-state index in [2.05, 4.69) is 16.8 Å². The fraction of sp³-hybridized carbons (Fsp3) is 0.400. The summed E-state index contributed by atoms with van der Waals surface area (Å²) >= 11 is 0. The summed E-state index contributed by atoms with van der Waals surface area (Å²) in [7, 11) is 0. The Morgan fingerprint density at radius 1 is 1.25 bits per heavy atom. The summed E-state index contributed by atoms with van der Waals surface area (Å²) in [6, 6.07) is 6.02. The minimum atomic E-state index is 0.288. The first kappa shape index (κ1) is 13.0. The number of nitrogens with two attached hydrogens (primary N) is 1. The minimum Gasteiger partial charge on any atom is -0.454 e. The molecule has 3 rings (SSSR count). The lowest BCUT2D eigenvalue weighted by molar-refractivity contribution is 0.174. The summed E-state index contributed by atoms with van der Waals surface area (Å²) in [6.07, 6.45) is 2.89. The summed E-state index contributed by atoms with van der Waals surface area (Å²) in [4.78, 5) is 6.77. The van der Waals surface area contributed by atoms with Gasteiger partial charge in [-0.3, -0.25) is 0 Å². The zero-order valence-electron chi connectivity index (χ0n) is 11.6. The molecule has 1 aliphatic rings. The van der Waals surface area contributed by atoms with Gasteiger partial charge in [0, 0.05) is 31.2 Å². The minimum absolute atomic E-state index is 0.288. The van der Waals surface area contributed by atoms with E-state index in [1.807, 2.05) is 24.4 Å². The van der Waals surface area contributed by atoms with E-state index in [1.165, 1.54) is 0 Å². The topological polar surface area (TPSA) is 60.6 Å². The van der Waals surface area contributed by atoms with Crippen LogP contribution in [0.25, 0.3) is 10.8 Å². The number of ether oxygens (including phenoxy) is 2. The number of aromatic nitrogens is 1. The molecule has 5 nitrogen and oxygen atoms in total. The summed E-state index contributed by atoms with van der Waals surface area (Å²) in [5, 5.41) is 2.19. The lowest BCUT2D eigenvalue weighted by atomic mass is 10.1. The molecule has 0 radical (unpaired) electrons. The molecule has 20 heavy (non-hydrogen) atoms. The van der Waals surface area contributed by atoms with Crippen molar-refractivity contribution in [1.82, 2.24) is 4.98 Å². The van der Waals surface area contributed by atoms with E-state index < -0.39 is 0 Å². The molecule has 0 unspecified atom stereocenters. The number of hydrogen-bond donors (Lipinski definition) is 1. The third-order valence-electron chi connectivity index (χ3n) is 3.43. The first-order chi connectivity index (χ1) is 9.83. The van der Waals surface area contributed by atoms with E-state index in [-0.39, 0.29) is 6.79 Å². The quantitative estimate of drug-likeness (QED) is 0.904. The first-order valence-electron chi connectivity index (χ1n) is 6.97. The summed E-state index contributed by atoms with van der Waals surface area (Å²) < 4.78 is 10.9. The molecule has 2 N–H and O–H groups in total. The van der Waals surface area contributed by atoms with Crippen LogP contribution in [-0.4, -0.2) is 31.4 Å².